The van der Waals surface area contributed by atoms with Gasteiger partial charge < -0.3 is 4.90 Å². The lowest BCUT2D eigenvalue weighted by atomic mass is 9.67. The average molecular weight is 878 g/mol. The van der Waals surface area contributed by atoms with E-state index in [0.29, 0.717) is 0 Å². The predicted octanol–water partition coefficient (Wildman–Crippen LogP) is 9.92. The highest BCUT2D eigenvalue weighted by Crippen LogP contribution is 2.57. The van der Waals surface area contributed by atoms with Crippen LogP contribution in [-0.2, 0) is 5.41 Å². The molecule has 1 spiro atoms. The van der Waals surface area contributed by atoms with Gasteiger partial charge in [-0.1, -0.05) is 234 Å². The number of hydrogen-bond acceptors (Lipinski definition) is 2. The monoisotopic (exact) mass is 877 g/mol. The molecule has 2 heterocycles. The molecule has 1 nitrogen and oxygen atoms in total. The van der Waals surface area contributed by atoms with E-state index in [4.69, 9.17) is 0 Å². The third kappa shape index (κ3) is 5.58. The van der Waals surface area contributed by atoms with Gasteiger partial charge in [0, 0.05) is 26.9 Å². The van der Waals surface area contributed by atoms with E-state index in [-0.39, 0.29) is 0 Å². The van der Waals surface area contributed by atoms with Gasteiger partial charge in [0.2, 0.25) is 0 Å². The summed E-state index contributed by atoms with van der Waals surface area (Å²) in [5.74, 6) is 0. The van der Waals surface area contributed by atoms with Gasteiger partial charge in [0.25, 0.3) is 0 Å². The third-order valence-corrected chi connectivity index (χ3v) is 24.7. The van der Waals surface area contributed by atoms with Gasteiger partial charge in [-0.3, -0.25) is 0 Å². The van der Waals surface area contributed by atoms with E-state index in [9.17, 15) is 0 Å². The normalized spacial score (nSPS) is 15.4. The molecule has 0 N–H and O–H groups in total. The van der Waals surface area contributed by atoms with Gasteiger partial charge in [0.1, 0.15) is 8.80 Å². The first-order chi connectivity index (χ1) is 32.3. The quantitative estimate of drug-likeness (QED) is 0.153. The summed E-state index contributed by atoms with van der Waals surface area (Å²) in [4.78, 5) is 5.29. The topological polar surface area (TPSA) is 3.24 Å². The number of hydrogen-bond donors (Lipinski definition) is 0. The summed E-state index contributed by atoms with van der Waals surface area (Å²) >= 11 is 1.94. The van der Waals surface area contributed by atoms with Crippen LogP contribution in [0.3, 0.4) is 0 Å². The summed E-state index contributed by atoms with van der Waals surface area (Å²) in [6, 6.07) is 96.8. The summed E-state index contributed by atoms with van der Waals surface area (Å²) < 4.78 is 0. The second-order valence-corrected chi connectivity index (χ2v) is 25.0. The van der Waals surface area contributed by atoms with E-state index < -0.39 is 22.3 Å². The van der Waals surface area contributed by atoms with Gasteiger partial charge in [-0.2, -0.15) is 0 Å². The van der Waals surface area contributed by atoms with Gasteiger partial charge in [-0.25, -0.2) is 0 Å². The van der Waals surface area contributed by atoms with Crippen molar-refractivity contribution in [3.63, 3.8) is 0 Å². The Hall–Kier alpha value is -7.22. The van der Waals surface area contributed by atoms with Crippen molar-refractivity contribution in [2.75, 3.05) is 4.90 Å². The minimum absolute atomic E-state index is 0.505. The van der Waals surface area contributed by atoms with E-state index >= 15 is 0 Å². The molecule has 10 aromatic carbocycles. The van der Waals surface area contributed by atoms with Gasteiger partial charge in [0.05, 0.1) is 5.41 Å². The van der Waals surface area contributed by atoms with Crippen molar-refractivity contribution in [3.05, 3.63) is 277 Å². The average Bonchev–Trinajstić information content (AvgIpc) is 3.68. The van der Waals surface area contributed by atoms with Crippen molar-refractivity contribution in [3.8, 4) is 11.1 Å². The van der Waals surface area contributed by atoms with Crippen LogP contribution >= 0.6 is 11.8 Å². The number of anilines is 3. The van der Waals surface area contributed by atoms with Crippen LogP contribution in [0.4, 0.5) is 17.1 Å². The summed E-state index contributed by atoms with van der Waals surface area (Å²) in [5.41, 5.74) is 10.7. The van der Waals surface area contributed by atoms with Gasteiger partial charge in [-0.15, -0.1) is 0 Å². The fraction of sp³-hybridized carbons (Fsp3) is 0.0164. The first kappa shape index (κ1) is 38.3. The molecule has 0 saturated heterocycles. The molecule has 1 aliphatic carbocycles. The summed E-state index contributed by atoms with van der Waals surface area (Å²) in [7, 11) is -4.81. The highest BCUT2D eigenvalue weighted by atomic mass is 32.2. The number of rotatable bonds is 6. The molecule has 0 aromatic heterocycles. The number of para-hydroxylation sites is 1. The van der Waals surface area contributed by atoms with Crippen molar-refractivity contribution in [2.24, 2.45) is 0 Å². The number of benzene rings is 10. The molecular formula is C61H43NSSi2. The molecule has 10 aromatic rings. The Morgan fingerprint density at radius 2 is 0.846 bits per heavy atom. The van der Waals surface area contributed by atoms with Crippen LogP contribution in [0.15, 0.2) is 265 Å². The molecule has 0 fully saturated rings. The molecule has 0 saturated carbocycles. The summed E-state index contributed by atoms with van der Waals surface area (Å²) in [6.45, 7) is 0. The van der Waals surface area contributed by atoms with Crippen LogP contribution in [-0.4, -0.2) is 16.9 Å². The van der Waals surface area contributed by atoms with Crippen molar-refractivity contribution >= 4 is 82.0 Å². The van der Waals surface area contributed by atoms with Crippen LogP contribution < -0.4 is 41.2 Å². The van der Waals surface area contributed by atoms with Crippen molar-refractivity contribution in [1.29, 1.82) is 0 Å². The van der Waals surface area contributed by atoms with Crippen LogP contribution in [0, 0.1) is 0 Å². The maximum absolute atomic E-state index is 2.79. The van der Waals surface area contributed by atoms with E-state index in [1.807, 2.05) is 11.8 Å². The second kappa shape index (κ2) is 15.2. The highest BCUT2D eigenvalue weighted by Gasteiger charge is 2.53. The van der Waals surface area contributed by atoms with Crippen molar-refractivity contribution < 1.29 is 0 Å². The molecular weight excluding hydrogens is 835 g/mol. The lowest BCUT2D eigenvalue weighted by Crippen LogP contribution is -2.87. The molecule has 2 aliphatic heterocycles. The fourth-order valence-corrected chi connectivity index (χ4v) is 24.3. The summed E-state index contributed by atoms with van der Waals surface area (Å²) in [6.07, 6.45) is 0. The molecule has 0 amide bonds. The lowest BCUT2D eigenvalue weighted by molar-refractivity contribution is 0.768. The Bertz CT molecular complexity index is 3340. The van der Waals surface area contributed by atoms with Gasteiger partial charge in [0.15, 0.2) is 8.07 Å². The zero-order valence-electron chi connectivity index (χ0n) is 35.7. The Balaban J connectivity index is 1.10. The molecule has 0 bridgehead atoms. The minimum atomic E-state index is -2.79. The molecule has 4 heteroatoms. The van der Waals surface area contributed by atoms with Crippen LogP contribution in [0.25, 0.3) is 11.1 Å². The molecule has 1 atom stereocenters. The second-order valence-electron chi connectivity index (χ2n) is 17.5. The van der Waals surface area contributed by atoms with E-state index in [0.717, 1.165) is 11.4 Å². The Morgan fingerprint density at radius 1 is 0.354 bits per heavy atom. The van der Waals surface area contributed by atoms with Crippen LogP contribution in [0.5, 0.6) is 0 Å². The SMILES string of the molecule is c1ccc(N(c2ccc3c(c2)[SiH](c2ccccc2)c2ccccc2[Si]32c3ccccc3Sc3ccccc32)c2ccc3c(c2)C(c2ccccc2)(c2ccccc2)c2ccccc2-3)cc1. The standard InChI is InChI=1S/C61H43NSSi2/c1-5-21-43(22-6-1)61(44-23-7-2-8-24-44)51-30-14-13-29-49(51)50-39-37-46(41-52(50)61)62(45-25-9-3-10-26-45)47-38-40-60-56(42-47)64(48-27-11-4-12-28-48)55-33-17-20-36-59(55)65(60)57-34-18-15-31-53(57)63-54-32-16-19-35-58(54)65/h1-42,64H. The Labute approximate surface area is 388 Å². The van der Waals surface area contributed by atoms with Crippen LogP contribution in [0.1, 0.15) is 22.3 Å². The van der Waals surface area contributed by atoms with E-state index in [2.05, 4.69) is 260 Å². The maximum atomic E-state index is 2.62. The first-order valence-electron chi connectivity index (χ1n) is 22.6. The van der Waals surface area contributed by atoms with E-state index in [1.54, 1.807) is 10.4 Å². The van der Waals surface area contributed by atoms with Gasteiger partial charge in [-0.05, 0) is 103 Å². The smallest absolute Gasteiger partial charge is 0.181 e. The van der Waals surface area contributed by atoms with Crippen molar-refractivity contribution in [1.82, 2.24) is 0 Å². The Morgan fingerprint density at radius 3 is 1.52 bits per heavy atom. The first-order valence-corrected chi connectivity index (χ1v) is 27.2. The number of nitrogens with zero attached hydrogens (tertiary/aromatic N) is 1. The highest BCUT2D eigenvalue weighted by molar-refractivity contribution is 8.00. The van der Waals surface area contributed by atoms with Crippen LogP contribution in [0.2, 0.25) is 0 Å². The minimum Gasteiger partial charge on any atom is -0.310 e. The third-order valence-electron chi connectivity index (χ3n) is 14.3. The largest absolute Gasteiger partial charge is 0.310 e. The molecule has 0 radical (unpaired) electrons. The summed E-state index contributed by atoms with van der Waals surface area (Å²) in [5, 5.41) is 10.6. The van der Waals surface area contributed by atoms with E-state index in [1.165, 1.54) is 74.8 Å². The lowest BCUT2D eigenvalue weighted by Gasteiger charge is -2.46. The molecule has 1 unspecified atom stereocenters. The molecule has 3 aliphatic rings. The van der Waals surface area contributed by atoms with Gasteiger partial charge >= 0.3 is 0 Å². The van der Waals surface area contributed by atoms with Crippen molar-refractivity contribution in [2.45, 2.75) is 15.2 Å². The zero-order chi connectivity index (χ0) is 43.0. The fourth-order valence-electron chi connectivity index (χ4n) is 11.8. The maximum Gasteiger partial charge on any atom is 0.181 e. The zero-order valence-corrected chi connectivity index (χ0v) is 38.7. The predicted molar refractivity (Wildman–Crippen MR) is 279 cm³/mol. The Kier molecular flexibility index (Phi) is 8.95. The molecule has 306 valence electrons. The number of fused-ring (bicyclic) bond motifs is 11. The molecule has 65 heavy (non-hydrogen) atoms. The molecule has 13 rings (SSSR count).